The van der Waals surface area contributed by atoms with Gasteiger partial charge in [-0.2, -0.15) is 5.10 Å². The van der Waals surface area contributed by atoms with Crippen molar-refractivity contribution in [1.82, 2.24) is 15.1 Å². The molecule has 0 atom stereocenters. The number of nitrogens with one attached hydrogen (secondary N) is 1. The average molecular weight is 298 g/mol. The van der Waals surface area contributed by atoms with Crippen LogP contribution in [0.5, 0.6) is 0 Å². The number of rotatable bonds is 4. The van der Waals surface area contributed by atoms with E-state index in [1.165, 1.54) is 12.1 Å². The molecule has 1 N–H and O–H groups in total. The Kier molecular flexibility index (Phi) is 3.91. The van der Waals surface area contributed by atoms with Crippen LogP contribution in [0.15, 0.2) is 34.9 Å². The highest BCUT2D eigenvalue weighted by molar-refractivity contribution is 9.10. The number of aryl methyl sites for hydroxylation is 1. The molecule has 0 unspecified atom stereocenters. The van der Waals surface area contributed by atoms with Crippen molar-refractivity contribution >= 4 is 15.9 Å². The van der Waals surface area contributed by atoms with Gasteiger partial charge in [0.25, 0.3) is 0 Å². The van der Waals surface area contributed by atoms with Crippen LogP contribution >= 0.6 is 15.9 Å². The molecule has 0 radical (unpaired) electrons. The Bertz CT molecular complexity index is 490. The maximum absolute atomic E-state index is 13.1. The third-order valence-electron chi connectivity index (χ3n) is 2.33. The highest BCUT2D eigenvalue weighted by Gasteiger charge is 2.00. The molecule has 0 saturated heterocycles. The second-order valence-corrected chi connectivity index (χ2v) is 4.78. The molecule has 0 aliphatic rings. The van der Waals surface area contributed by atoms with Gasteiger partial charge in [-0.15, -0.1) is 0 Å². The Labute approximate surface area is 108 Å². The van der Waals surface area contributed by atoms with Gasteiger partial charge in [0.05, 0.1) is 5.69 Å². The molecule has 17 heavy (non-hydrogen) atoms. The predicted molar refractivity (Wildman–Crippen MR) is 67.9 cm³/mol. The van der Waals surface area contributed by atoms with Crippen molar-refractivity contribution in [2.24, 2.45) is 7.05 Å². The monoisotopic (exact) mass is 297 g/mol. The minimum Gasteiger partial charge on any atom is -0.307 e. The lowest BCUT2D eigenvalue weighted by molar-refractivity contribution is 0.616. The number of halogens is 2. The van der Waals surface area contributed by atoms with E-state index in [0.717, 1.165) is 15.7 Å². The third-order valence-corrected chi connectivity index (χ3v) is 2.78. The van der Waals surface area contributed by atoms with Crippen molar-refractivity contribution < 1.29 is 4.39 Å². The van der Waals surface area contributed by atoms with Crippen LogP contribution in [0.1, 0.15) is 11.3 Å². The molecular formula is C12H13BrFN3. The zero-order valence-corrected chi connectivity index (χ0v) is 11.0. The van der Waals surface area contributed by atoms with E-state index in [1.807, 2.05) is 25.4 Å². The van der Waals surface area contributed by atoms with Gasteiger partial charge >= 0.3 is 0 Å². The van der Waals surface area contributed by atoms with Crippen LogP contribution in [-0.2, 0) is 20.1 Å². The lowest BCUT2D eigenvalue weighted by Crippen LogP contribution is -2.13. The van der Waals surface area contributed by atoms with E-state index in [-0.39, 0.29) is 5.82 Å². The quantitative estimate of drug-likeness (QED) is 0.940. The fourth-order valence-electron chi connectivity index (χ4n) is 1.61. The first-order valence-electron chi connectivity index (χ1n) is 5.28. The molecule has 0 aliphatic carbocycles. The second kappa shape index (κ2) is 5.42. The van der Waals surface area contributed by atoms with Crippen molar-refractivity contribution in [3.63, 3.8) is 0 Å². The topological polar surface area (TPSA) is 29.9 Å². The van der Waals surface area contributed by atoms with E-state index >= 15 is 0 Å². The Morgan fingerprint density at radius 3 is 2.82 bits per heavy atom. The van der Waals surface area contributed by atoms with Crippen LogP contribution in [0.3, 0.4) is 0 Å². The van der Waals surface area contributed by atoms with Gasteiger partial charge in [0.15, 0.2) is 0 Å². The summed E-state index contributed by atoms with van der Waals surface area (Å²) in [6, 6.07) is 6.82. The first-order chi connectivity index (χ1) is 8.13. The summed E-state index contributed by atoms with van der Waals surface area (Å²) < 4.78 is 15.6. The number of aromatic nitrogens is 2. The van der Waals surface area contributed by atoms with E-state index in [0.29, 0.717) is 13.1 Å². The highest BCUT2D eigenvalue weighted by atomic mass is 79.9. The summed E-state index contributed by atoms with van der Waals surface area (Å²) in [5.41, 5.74) is 1.88. The van der Waals surface area contributed by atoms with Gasteiger partial charge in [-0.05, 0) is 29.8 Å². The molecule has 0 amide bonds. The summed E-state index contributed by atoms with van der Waals surface area (Å²) in [5.74, 6) is -0.228. The second-order valence-electron chi connectivity index (χ2n) is 3.86. The number of hydrogen-bond acceptors (Lipinski definition) is 2. The first-order valence-corrected chi connectivity index (χ1v) is 6.07. The van der Waals surface area contributed by atoms with Crippen LogP contribution in [0.4, 0.5) is 4.39 Å². The molecule has 0 aliphatic heterocycles. The Morgan fingerprint density at radius 1 is 1.35 bits per heavy atom. The van der Waals surface area contributed by atoms with Crippen LogP contribution in [0.25, 0.3) is 0 Å². The summed E-state index contributed by atoms with van der Waals surface area (Å²) in [6.07, 6.45) is 1.90. The molecule has 2 rings (SSSR count). The fraction of sp³-hybridized carbons (Fsp3) is 0.250. The van der Waals surface area contributed by atoms with Gasteiger partial charge in [-0.3, -0.25) is 4.68 Å². The molecule has 5 heteroatoms. The molecule has 2 aromatic rings. The molecular weight excluding hydrogens is 285 g/mol. The Balaban J connectivity index is 1.89. The number of benzene rings is 1. The van der Waals surface area contributed by atoms with Gasteiger partial charge in [0.2, 0.25) is 0 Å². The van der Waals surface area contributed by atoms with Crippen molar-refractivity contribution in [2.75, 3.05) is 0 Å². The lowest BCUT2D eigenvalue weighted by atomic mass is 10.2. The normalized spacial score (nSPS) is 10.8. The first kappa shape index (κ1) is 12.3. The molecule has 1 heterocycles. The van der Waals surface area contributed by atoms with Gasteiger partial charge in [0, 0.05) is 30.8 Å². The van der Waals surface area contributed by atoms with Gasteiger partial charge in [0.1, 0.15) is 5.82 Å². The Hall–Kier alpha value is -1.20. The van der Waals surface area contributed by atoms with E-state index < -0.39 is 0 Å². The van der Waals surface area contributed by atoms with Gasteiger partial charge in [-0.25, -0.2) is 4.39 Å². The summed E-state index contributed by atoms with van der Waals surface area (Å²) in [7, 11) is 1.88. The van der Waals surface area contributed by atoms with E-state index in [4.69, 9.17) is 0 Å². The van der Waals surface area contributed by atoms with Crippen LogP contribution in [-0.4, -0.2) is 9.78 Å². The molecule has 0 spiro atoms. The zero-order chi connectivity index (χ0) is 12.3. The largest absolute Gasteiger partial charge is 0.307 e. The van der Waals surface area contributed by atoms with Crippen LogP contribution in [0, 0.1) is 5.82 Å². The highest BCUT2D eigenvalue weighted by Crippen LogP contribution is 2.14. The molecule has 1 aromatic heterocycles. The minimum atomic E-state index is -0.228. The van der Waals surface area contributed by atoms with Crippen LogP contribution < -0.4 is 5.32 Å². The molecule has 3 nitrogen and oxygen atoms in total. The van der Waals surface area contributed by atoms with Crippen molar-refractivity contribution in [1.29, 1.82) is 0 Å². The molecule has 90 valence electrons. The van der Waals surface area contributed by atoms with Crippen LogP contribution in [0.2, 0.25) is 0 Å². The summed E-state index contributed by atoms with van der Waals surface area (Å²) in [4.78, 5) is 0. The van der Waals surface area contributed by atoms with Crippen molar-refractivity contribution in [3.05, 3.63) is 52.0 Å². The van der Waals surface area contributed by atoms with E-state index in [2.05, 4.69) is 26.3 Å². The van der Waals surface area contributed by atoms with Crippen molar-refractivity contribution in [3.8, 4) is 0 Å². The Morgan fingerprint density at radius 2 is 2.18 bits per heavy atom. The molecule has 0 bridgehead atoms. The van der Waals surface area contributed by atoms with E-state index in [1.54, 1.807) is 4.68 Å². The smallest absolute Gasteiger partial charge is 0.124 e. The third kappa shape index (κ3) is 3.64. The molecule has 0 fully saturated rings. The molecule has 0 saturated carbocycles. The summed E-state index contributed by atoms with van der Waals surface area (Å²) >= 11 is 3.27. The lowest BCUT2D eigenvalue weighted by Gasteiger charge is -2.04. The number of nitrogens with zero attached hydrogens (tertiary/aromatic N) is 2. The SMILES string of the molecule is Cn1ccc(CNCc2cc(F)cc(Br)c2)n1. The maximum atomic E-state index is 13.1. The zero-order valence-electron chi connectivity index (χ0n) is 9.45. The summed E-state index contributed by atoms with van der Waals surface area (Å²) in [6.45, 7) is 1.29. The fourth-order valence-corrected chi connectivity index (χ4v) is 2.12. The van der Waals surface area contributed by atoms with Gasteiger partial charge < -0.3 is 5.32 Å². The molecule has 1 aromatic carbocycles. The number of hydrogen-bond donors (Lipinski definition) is 1. The maximum Gasteiger partial charge on any atom is 0.124 e. The van der Waals surface area contributed by atoms with Crippen molar-refractivity contribution in [2.45, 2.75) is 13.1 Å². The summed E-state index contributed by atoms with van der Waals surface area (Å²) in [5, 5.41) is 7.47. The minimum absolute atomic E-state index is 0.228. The average Bonchev–Trinajstić information content (AvgIpc) is 2.63. The van der Waals surface area contributed by atoms with E-state index in [9.17, 15) is 4.39 Å². The standard InChI is InChI=1S/C12H13BrFN3/c1-17-3-2-12(16-17)8-15-7-9-4-10(13)6-11(14)5-9/h2-6,15H,7-8H2,1H3. The predicted octanol–water partition coefficient (Wildman–Crippen LogP) is 2.61. The van der Waals surface area contributed by atoms with Gasteiger partial charge in [-0.1, -0.05) is 15.9 Å².